The molecule has 1 aromatic carbocycles. The summed E-state index contributed by atoms with van der Waals surface area (Å²) in [6.45, 7) is 9.53. The van der Waals surface area contributed by atoms with Crippen molar-refractivity contribution in [2.24, 2.45) is 0 Å². The third kappa shape index (κ3) is 3.31. The van der Waals surface area contributed by atoms with Crippen LogP contribution in [0.3, 0.4) is 0 Å². The molecule has 0 bridgehead atoms. The topological polar surface area (TPSA) is 43.5 Å². The normalized spacial score (nSPS) is 29.1. The Hall–Kier alpha value is -1.40. The van der Waals surface area contributed by atoms with E-state index in [9.17, 15) is 0 Å². The van der Waals surface area contributed by atoms with Crippen molar-refractivity contribution in [2.45, 2.75) is 44.2 Å². The molecule has 3 aliphatic rings. The average Bonchev–Trinajstić information content (AvgIpc) is 3.12. The molecule has 146 valence electrons. The number of nitrogens with one attached hydrogen (secondary N) is 2. The summed E-state index contributed by atoms with van der Waals surface area (Å²) in [5, 5.41) is 5.39. The van der Waals surface area contributed by atoms with Gasteiger partial charge in [-0.2, -0.15) is 0 Å². The summed E-state index contributed by atoms with van der Waals surface area (Å²) in [6, 6.07) is 8.06. The average molecular weight is 369 g/mol. The van der Waals surface area contributed by atoms with Gasteiger partial charge in [0.2, 0.25) is 0 Å². The van der Waals surface area contributed by atoms with Gasteiger partial charge in [0, 0.05) is 61.4 Å². The fourth-order valence-electron chi connectivity index (χ4n) is 5.51. The smallest absolute Gasteiger partial charge is 0.0594 e. The summed E-state index contributed by atoms with van der Waals surface area (Å²) in [4.78, 5) is 8.76. The van der Waals surface area contributed by atoms with Gasteiger partial charge >= 0.3 is 0 Å². The summed E-state index contributed by atoms with van der Waals surface area (Å²) >= 11 is 0. The minimum Gasteiger partial charge on any atom is -0.379 e. The molecule has 2 aromatic rings. The standard InChI is InChI=1S/C22H32N4O/c1-2-6-26-14-17(24-15-25-7-9-27-10-8-25)12-19-18-4-3-5-20-22(18)16(13-23-20)11-21(19)26/h3-5,13,17,19,21,23-24H,2,6-12,14-15H2,1H3/t17-,19+,21+/m0/s1. The molecule has 3 atom stereocenters. The summed E-state index contributed by atoms with van der Waals surface area (Å²) in [6.07, 6.45) is 5.91. The Morgan fingerprint density at radius 2 is 2.15 bits per heavy atom. The number of likely N-dealkylation sites (tertiary alicyclic amines) is 1. The fraction of sp³-hybridized carbons (Fsp3) is 0.636. The van der Waals surface area contributed by atoms with Crippen molar-refractivity contribution in [3.8, 4) is 0 Å². The van der Waals surface area contributed by atoms with Crippen LogP contribution >= 0.6 is 0 Å². The van der Waals surface area contributed by atoms with Crippen LogP contribution in [0, 0.1) is 0 Å². The van der Waals surface area contributed by atoms with Gasteiger partial charge < -0.3 is 15.0 Å². The lowest BCUT2D eigenvalue weighted by molar-refractivity contribution is 0.0272. The van der Waals surface area contributed by atoms with Crippen LogP contribution in [0.2, 0.25) is 0 Å². The van der Waals surface area contributed by atoms with Gasteiger partial charge in [-0.25, -0.2) is 0 Å². The van der Waals surface area contributed by atoms with Gasteiger partial charge in [-0.3, -0.25) is 9.80 Å². The molecule has 2 aliphatic heterocycles. The van der Waals surface area contributed by atoms with Crippen molar-refractivity contribution in [3.63, 3.8) is 0 Å². The number of hydrogen-bond acceptors (Lipinski definition) is 4. The number of benzene rings is 1. The summed E-state index contributed by atoms with van der Waals surface area (Å²) in [5.41, 5.74) is 4.40. The molecule has 5 nitrogen and oxygen atoms in total. The number of aromatic nitrogens is 1. The first-order valence-electron chi connectivity index (χ1n) is 10.7. The number of ether oxygens (including phenoxy) is 1. The van der Waals surface area contributed by atoms with Gasteiger partial charge in [0.1, 0.15) is 0 Å². The lowest BCUT2D eigenvalue weighted by Crippen LogP contribution is -2.57. The van der Waals surface area contributed by atoms with Crippen LogP contribution in [-0.4, -0.2) is 72.9 Å². The van der Waals surface area contributed by atoms with Crippen molar-refractivity contribution in [1.82, 2.24) is 20.1 Å². The van der Waals surface area contributed by atoms with E-state index in [1.807, 2.05) is 0 Å². The Morgan fingerprint density at radius 1 is 1.26 bits per heavy atom. The molecule has 0 amide bonds. The molecule has 2 N–H and O–H groups in total. The predicted molar refractivity (Wildman–Crippen MR) is 109 cm³/mol. The number of morpholine rings is 1. The van der Waals surface area contributed by atoms with E-state index in [-0.39, 0.29) is 0 Å². The first-order valence-corrected chi connectivity index (χ1v) is 10.7. The molecule has 0 unspecified atom stereocenters. The zero-order valence-corrected chi connectivity index (χ0v) is 16.4. The number of fused-ring (bicyclic) bond motifs is 2. The van der Waals surface area contributed by atoms with Crippen LogP contribution < -0.4 is 5.32 Å². The molecule has 0 saturated carbocycles. The quantitative estimate of drug-likeness (QED) is 0.851. The van der Waals surface area contributed by atoms with E-state index in [0.717, 1.165) is 33.0 Å². The molecule has 5 heteroatoms. The molecule has 27 heavy (non-hydrogen) atoms. The van der Waals surface area contributed by atoms with Crippen LogP contribution in [0.15, 0.2) is 24.4 Å². The lowest BCUT2D eigenvalue weighted by atomic mass is 9.74. The SMILES string of the molecule is CCCN1C[C@@H](NCN2CCOCC2)C[C@@H]2c3cccc4[nH]cc(c34)C[C@H]21. The summed E-state index contributed by atoms with van der Waals surface area (Å²) < 4.78 is 5.49. The van der Waals surface area contributed by atoms with Crippen LogP contribution in [0.1, 0.15) is 36.8 Å². The Balaban J connectivity index is 1.37. The molecule has 1 aromatic heterocycles. The van der Waals surface area contributed by atoms with Crippen molar-refractivity contribution < 1.29 is 4.74 Å². The minimum absolute atomic E-state index is 0.566. The number of rotatable bonds is 5. The van der Waals surface area contributed by atoms with Crippen molar-refractivity contribution in [3.05, 3.63) is 35.5 Å². The molecule has 3 heterocycles. The number of nitrogens with zero attached hydrogens (tertiary/aromatic N) is 2. The molecule has 0 spiro atoms. The van der Waals surface area contributed by atoms with E-state index >= 15 is 0 Å². The number of piperidine rings is 1. The summed E-state index contributed by atoms with van der Waals surface area (Å²) in [5.74, 6) is 0.638. The van der Waals surface area contributed by atoms with Gasteiger partial charge in [0.05, 0.1) is 13.2 Å². The van der Waals surface area contributed by atoms with E-state index in [4.69, 9.17) is 4.74 Å². The van der Waals surface area contributed by atoms with E-state index in [2.05, 4.69) is 51.4 Å². The van der Waals surface area contributed by atoms with Crippen LogP contribution in [0.25, 0.3) is 10.9 Å². The predicted octanol–water partition coefficient (Wildman–Crippen LogP) is 2.54. The molecule has 0 radical (unpaired) electrons. The van der Waals surface area contributed by atoms with Gasteiger partial charge in [0.15, 0.2) is 0 Å². The van der Waals surface area contributed by atoms with Crippen molar-refractivity contribution >= 4 is 10.9 Å². The second kappa shape index (κ2) is 7.55. The number of hydrogen-bond donors (Lipinski definition) is 2. The Morgan fingerprint density at radius 3 is 3.00 bits per heavy atom. The highest BCUT2D eigenvalue weighted by molar-refractivity contribution is 5.88. The maximum Gasteiger partial charge on any atom is 0.0594 e. The molecule has 2 saturated heterocycles. The van der Waals surface area contributed by atoms with Gasteiger partial charge in [-0.05, 0) is 43.0 Å². The Labute approximate surface area is 162 Å². The molecule has 2 fully saturated rings. The second-order valence-electron chi connectivity index (χ2n) is 8.48. The third-order valence-corrected chi connectivity index (χ3v) is 6.79. The van der Waals surface area contributed by atoms with Gasteiger partial charge in [-0.15, -0.1) is 0 Å². The Bertz CT molecular complexity index is 782. The fourth-order valence-corrected chi connectivity index (χ4v) is 5.51. The molecular weight excluding hydrogens is 336 g/mol. The van der Waals surface area contributed by atoms with E-state index in [1.165, 1.54) is 48.8 Å². The second-order valence-corrected chi connectivity index (χ2v) is 8.48. The molecule has 1 aliphatic carbocycles. The highest BCUT2D eigenvalue weighted by Gasteiger charge is 2.40. The van der Waals surface area contributed by atoms with Crippen LogP contribution in [0.5, 0.6) is 0 Å². The lowest BCUT2D eigenvalue weighted by Gasteiger charge is -2.47. The molecule has 5 rings (SSSR count). The van der Waals surface area contributed by atoms with Gasteiger partial charge in [0.25, 0.3) is 0 Å². The van der Waals surface area contributed by atoms with Crippen molar-refractivity contribution in [1.29, 1.82) is 0 Å². The zero-order chi connectivity index (χ0) is 18.2. The van der Waals surface area contributed by atoms with Gasteiger partial charge in [-0.1, -0.05) is 19.1 Å². The first-order chi connectivity index (χ1) is 13.3. The Kier molecular flexibility index (Phi) is 4.94. The maximum atomic E-state index is 5.49. The molecular formula is C22H32N4O. The summed E-state index contributed by atoms with van der Waals surface area (Å²) in [7, 11) is 0. The highest BCUT2D eigenvalue weighted by atomic mass is 16.5. The highest BCUT2D eigenvalue weighted by Crippen LogP contribution is 2.43. The number of aromatic amines is 1. The van der Waals surface area contributed by atoms with Crippen LogP contribution in [-0.2, 0) is 11.2 Å². The van der Waals surface area contributed by atoms with E-state index < -0.39 is 0 Å². The largest absolute Gasteiger partial charge is 0.379 e. The monoisotopic (exact) mass is 368 g/mol. The number of H-pyrrole nitrogens is 1. The maximum absolute atomic E-state index is 5.49. The van der Waals surface area contributed by atoms with Crippen molar-refractivity contribution in [2.75, 3.05) is 46.1 Å². The van der Waals surface area contributed by atoms with E-state index in [0.29, 0.717) is 18.0 Å². The first kappa shape index (κ1) is 17.7. The third-order valence-electron chi connectivity index (χ3n) is 6.79. The minimum atomic E-state index is 0.566. The van der Waals surface area contributed by atoms with Crippen LogP contribution in [0.4, 0.5) is 0 Å². The zero-order valence-electron chi connectivity index (χ0n) is 16.4. The van der Waals surface area contributed by atoms with E-state index in [1.54, 1.807) is 5.56 Å².